The van der Waals surface area contributed by atoms with Crippen molar-refractivity contribution in [3.63, 3.8) is 0 Å². The average molecular weight is 462 g/mol. The van der Waals surface area contributed by atoms with Gasteiger partial charge in [-0.05, 0) is 31.5 Å². The maximum atomic E-state index is 12.1. The number of carbonyl (C=O) groups is 1. The van der Waals surface area contributed by atoms with E-state index >= 15 is 0 Å². The molecule has 0 bridgehead atoms. The molecule has 140 valence electrons. The average Bonchev–Trinajstić information content (AvgIpc) is 3.03. The van der Waals surface area contributed by atoms with Gasteiger partial charge in [0.05, 0.1) is 19.8 Å². The monoisotopic (exact) mass is 462 g/mol. The van der Waals surface area contributed by atoms with Crippen LogP contribution in [0, 0.1) is 0 Å². The summed E-state index contributed by atoms with van der Waals surface area (Å²) >= 11 is 0. The number of hydrogen-bond donors (Lipinski definition) is 3. The highest BCUT2D eigenvalue weighted by atomic mass is 127. The number of aliphatic hydroxyl groups is 1. The Morgan fingerprint density at radius 2 is 2.24 bits per heavy atom. The number of hydrogen-bond acceptors (Lipinski definition) is 4. The third-order valence-corrected chi connectivity index (χ3v) is 3.79. The van der Waals surface area contributed by atoms with Crippen LogP contribution in [0.25, 0.3) is 0 Å². The molecule has 1 amide bonds. The maximum Gasteiger partial charge on any atom is 0.251 e. The normalized spacial score (nSPS) is 17.0. The van der Waals surface area contributed by atoms with Gasteiger partial charge in [-0.25, -0.2) is 0 Å². The number of aliphatic imine (C=N–C) groups is 1. The number of halogens is 1. The summed E-state index contributed by atoms with van der Waals surface area (Å²) in [4.78, 5) is 18.7. The van der Waals surface area contributed by atoms with Gasteiger partial charge in [-0.15, -0.1) is 24.0 Å². The number of methoxy groups -OCH3 is 1. The van der Waals surface area contributed by atoms with Gasteiger partial charge in [0.2, 0.25) is 0 Å². The lowest BCUT2D eigenvalue weighted by molar-refractivity contribution is 0.0954. The smallest absolute Gasteiger partial charge is 0.251 e. The van der Waals surface area contributed by atoms with Crippen LogP contribution in [0.2, 0.25) is 0 Å². The molecule has 1 aromatic carbocycles. The van der Waals surface area contributed by atoms with Crippen LogP contribution < -0.4 is 15.4 Å². The summed E-state index contributed by atoms with van der Waals surface area (Å²) in [5, 5.41) is 15.7. The van der Waals surface area contributed by atoms with E-state index in [9.17, 15) is 9.90 Å². The largest absolute Gasteiger partial charge is 0.497 e. The molecule has 1 saturated heterocycles. The predicted octanol–water partition coefficient (Wildman–Crippen LogP) is 1.08. The van der Waals surface area contributed by atoms with Crippen molar-refractivity contribution >= 4 is 35.8 Å². The first-order valence-corrected chi connectivity index (χ1v) is 8.27. The van der Waals surface area contributed by atoms with E-state index in [0.29, 0.717) is 30.9 Å². The molecule has 1 atom stereocenters. The fourth-order valence-electron chi connectivity index (χ4n) is 2.56. The van der Waals surface area contributed by atoms with Gasteiger partial charge >= 0.3 is 0 Å². The minimum atomic E-state index is -0.290. The van der Waals surface area contributed by atoms with Crippen molar-refractivity contribution in [3.05, 3.63) is 29.8 Å². The van der Waals surface area contributed by atoms with Crippen LogP contribution in [0.15, 0.2) is 29.3 Å². The minimum Gasteiger partial charge on any atom is -0.497 e. The highest BCUT2D eigenvalue weighted by Gasteiger charge is 2.22. The quantitative estimate of drug-likeness (QED) is 0.255. The number of ether oxygens (including phenoxy) is 1. The molecule has 8 heteroatoms. The predicted molar refractivity (Wildman–Crippen MR) is 109 cm³/mol. The lowest BCUT2D eigenvalue weighted by Gasteiger charge is -2.20. The molecular formula is C17H27IN4O3. The second-order valence-electron chi connectivity index (χ2n) is 5.61. The highest BCUT2D eigenvalue weighted by Crippen LogP contribution is 2.12. The molecule has 3 N–H and O–H groups in total. The molecule has 0 saturated carbocycles. The van der Waals surface area contributed by atoms with Crippen molar-refractivity contribution < 1.29 is 14.6 Å². The van der Waals surface area contributed by atoms with Crippen LogP contribution >= 0.6 is 24.0 Å². The molecule has 0 radical (unpaired) electrons. The summed E-state index contributed by atoms with van der Waals surface area (Å²) in [6.45, 7) is 5.09. The lowest BCUT2D eigenvalue weighted by atomic mass is 10.2. The number of likely N-dealkylation sites (tertiary alicyclic amines) is 1. The van der Waals surface area contributed by atoms with E-state index in [1.165, 1.54) is 0 Å². The first-order chi connectivity index (χ1) is 11.6. The molecule has 0 aliphatic carbocycles. The van der Waals surface area contributed by atoms with Crippen molar-refractivity contribution in [1.29, 1.82) is 0 Å². The maximum absolute atomic E-state index is 12.1. The zero-order valence-electron chi connectivity index (χ0n) is 14.7. The molecule has 1 aliphatic heterocycles. The Morgan fingerprint density at radius 1 is 1.44 bits per heavy atom. The molecule has 1 heterocycles. The van der Waals surface area contributed by atoms with E-state index < -0.39 is 0 Å². The van der Waals surface area contributed by atoms with Gasteiger partial charge in [0.15, 0.2) is 5.96 Å². The Balaban J connectivity index is 0.00000312. The number of guanidine groups is 1. The number of aliphatic hydroxyl groups excluding tert-OH is 1. The highest BCUT2D eigenvalue weighted by molar-refractivity contribution is 14.0. The Bertz CT molecular complexity index is 583. The van der Waals surface area contributed by atoms with Crippen LogP contribution in [-0.4, -0.2) is 67.8 Å². The first-order valence-electron chi connectivity index (χ1n) is 8.27. The molecule has 1 aliphatic rings. The fraction of sp³-hybridized carbons (Fsp3) is 0.529. The van der Waals surface area contributed by atoms with Gasteiger partial charge in [-0.2, -0.15) is 0 Å². The zero-order valence-corrected chi connectivity index (χ0v) is 17.0. The molecular weight excluding hydrogens is 435 g/mol. The SMILES string of the molecule is CCNC(=NCCNC(=O)c1cccc(OC)c1)N1CC[C@@H](O)C1.I. The second-order valence-corrected chi connectivity index (χ2v) is 5.61. The molecule has 1 aromatic rings. The summed E-state index contributed by atoms with van der Waals surface area (Å²) in [5.41, 5.74) is 0.563. The van der Waals surface area contributed by atoms with E-state index in [4.69, 9.17) is 4.74 Å². The molecule has 2 rings (SSSR count). The van der Waals surface area contributed by atoms with Gasteiger partial charge in [0, 0.05) is 31.7 Å². The molecule has 0 aromatic heterocycles. The van der Waals surface area contributed by atoms with Gasteiger partial charge in [-0.1, -0.05) is 6.07 Å². The Kier molecular flexibility index (Phi) is 9.58. The van der Waals surface area contributed by atoms with Crippen molar-refractivity contribution in [2.75, 3.05) is 39.8 Å². The molecule has 25 heavy (non-hydrogen) atoms. The van der Waals surface area contributed by atoms with Gasteiger partial charge in [0.25, 0.3) is 5.91 Å². The summed E-state index contributed by atoms with van der Waals surface area (Å²) in [6.07, 6.45) is 0.471. The molecule has 0 spiro atoms. The van der Waals surface area contributed by atoms with E-state index in [1.54, 1.807) is 31.4 Å². The third kappa shape index (κ3) is 6.69. The number of amides is 1. The van der Waals surface area contributed by atoms with E-state index in [1.807, 2.05) is 11.8 Å². The van der Waals surface area contributed by atoms with Gasteiger partial charge in [0.1, 0.15) is 5.75 Å². The Morgan fingerprint density at radius 3 is 2.88 bits per heavy atom. The van der Waals surface area contributed by atoms with Crippen molar-refractivity contribution in [1.82, 2.24) is 15.5 Å². The number of rotatable bonds is 6. The topological polar surface area (TPSA) is 86.2 Å². The Hall–Kier alpha value is -1.55. The second kappa shape index (κ2) is 11.1. The van der Waals surface area contributed by atoms with Gasteiger partial charge < -0.3 is 25.4 Å². The standard InChI is InChI=1S/C17H26N4O3.HI/c1-3-18-17(21-10-7-14(22)12-21)20-9-8-19-16(23)13-5-4-6-15(11-13)24-2;/h4-6,11,14,22H,3,7-10,12H2,1-2H3,(H,18,20)(H,19,23);1H/t14-;/m1./s1. The van der Waals surface area contributed by atoms with Crippen LogP contribution in [0.5, 0.6) is 5.75 Å². The van der Waals surface area contributed by atoms with E-state index in [2.05, 4.69) is 15.6 Å². The summed E-state index contributed by atoms with van der Waals surface area (Å²) in [6, 6.07) is 7.03. The summed E-state index contributed by atoms with van der Waals surface area (Å²) in [7, 11) is 1.57. The lowest BCUT2D eigenvalue weighted by Crippen LogP contribution is -2.41. The third-order valence-electron chi connectivity index (χ3n) is 3.79. The van der Waals surface area contributed by atoms with Crippen LogP contribution in [0.4, 0.5) is 0 Å². The van der Waals surface area contributed by atoms with E-state index in [-0.39, 0.29) is 36.0 Å². The fourth-order valence-corrected chi connectivity index (χ4v) is 2.56. The van der Waals surface area contributed by atoms with Crippen molar-refractivity contribution in [2.24, 2.45) is 4.99 Å². The number of carbonyl (C=O) groups excluding carboxylic acids is 1. The van der Waals surface area contributed by atoms with Crippen LogP contribution in [-0.2, 0) is 0 Å². The van der Waals surface area contributed by atoms with Crippen molar-refractivity contribution in [3.8, 4) is 5.75 Å². The molecule has 0 unspecified atom stereocenters. The number of β-amino-alcohol motifs (C(OH)–C–C–N with tert-alkyl or cyclic N) is 1. The van der Waals surface area contributed by atoms with Gasteiger partial charge in [-0.3, -0.25) is 9.79 Å². The van der Waals surface area contributed by atoms with Crippen LogP contribution in [0.1, 0.15) is 23.7 Å². The number of benzene rings is 1. The number of nitrogens with one attached hydrogen (secondary N) is 2. The molecule has 7 nitrogen and oxygen atoms in total. The minimum absolute atomic E-state index is 0. The number of nitrogens with zero attached hydrogens (tertiary/aromatic N) is 2. The molecule has 1 fully saturated rings. The van der Waals surface area contributed by atoms with Crippen molar-refractivity contribution in [2.45, 2.75) is 19.4 Å². The summed E-state index contributed by atoms with van der Waals surface area (Å²) in [5.74, 6) is 1.29. The zero-order chi connectivity index (χ0) is 17.4. The van der Waals surface area contributed by atoms with E-state index in [0.717, 1.165) is 25.5 Å². The first kappa shape index (κ1) is 21.5. The summed E-state index contributed by atoms with van der Waals surface area (Å²) < 4.78 is 5.12. The Labute approximate surface area is 165 Å². The van der Waals surface area contributed by atoms with Crippen LogP contribution in [0.3, 0.4) is 0 Å².